The van der Waals surface area contributed by atoms with E-state index in [1.54, 1.807) is 32.6 Å². The Kier molecular flexibility index (Phi) is 8.38. The Morgan fingerprint density at radius 3 is 2.15 bits per heavy atom. The van der Waals surface area contributed by atoms with Crippen molar-refractivity contribution in [1.82, 2.24) is 15.5 Å². The van der Waals surface area contributed by atoms with Gasteiger partial charge in [0.1, 0.15) is 17.7 Å². The molecule has 0 spiro atoms. The minimum absolute atomic E-state index is 0.0253. The van der Waals surface area contributed by atoms with Crippen molar-refractivity contribution in [2.45, 2.75) is 109 Å². The highest BCUT2D eigenvalue weighted by Gasteiger charge is 2.41. The average molecular weight is 458 g/mol. The number of carbonyl (C=O) groups is 3. The fourth-order valence-electron chi connectivity index (χ4n) is 4.55. The van der Waals surface area contributed by atoms with E-state index in [1.165, 1.54) is 6.42 Å². The Morgan fingerprint density at radius 1 is 0.970 bits per heavy atom. The van der Waals surface area contributed by atoms with Crippen LogP contribution < -0.4 is 10.6 Å². The topological polar surface area (TPSA) is 87.7 Å². The van der Waals surface area contributed by atoms with Gasteiger partial charge in [0.05, 0.1) is 0 Å². The van der Waals surface area contributed by atoms with Gasteiger partial charge in [-0.1, -0.05) is 49.6 Å². The number of nitrogens with one attached hydrogen (secondary N) is 2. The highest BCUT2D eigenvalue weighted by molar-refractivity contribution is 5.92. The summed E-state index contributed by atoms with van der Waals surface area (Å²) < 4.78 is 5.33. The molecule has 0 bridgehead atoms. The van der Waals surface area contributed by atoms with Gasteiger partial charge in [0, 0.05) is 12.1 Å². The molecule has 2 N–H and O–H groups in total. The van der Waals surface area contributed by atoms with Gasteiger partial charge in [-0.25, -0.2) is 4.79 Å². The molecule has 0 aliphatic heterocycles. The van der Waals surface area contributed by atoms with Crippen LogP contribution in [0.25, 0.3) is 0 Å². The smallest absolute Gasteiger partial charge is 0.408 e. The predicted molar refractivity (Wildman–Crippen MR) is 128 cm³/mol. The van der Waals surface area contributed by atoms with Crippen molar-refractivity contribution < 1.29 is 19.1 Å². The molecule has 182 valence electrons. The van der Waals surface area contributed by atoms with Crippen molar-refractivity contribution >= 4 is 17.9 Å². The summed E-state index contributed by atoms with van der Waals surface area (Å²) in [5.74, 6) is -0.406. The van der Waals surface area contributed by atoms with E-state index in [-0.39, 0.29) is 23.9 Å². The van der Waals surface area contributed by atoms with Crippen LogP contribution in [0.3, 0.4) is 0 Å². The Balaban J connectivity index is 1.84. The largest absolute Gasteiger partial charge is 0.444 e. The molecule has 0 radical (unpaired) electrons. The van der Waals surface area contributed by atoms with E-state index in [1.807, 2.05) is 30.3 Å². The number of alkyl carbamates (subject to hydrolysis) is 1. The summed E-state index contributed by atoms with van der Waals surface area (Å²) in [5, 5.41) is 5.88. The van der Waals surface area contributed by atoms with E-state index in [9.17, 15) is 14.4 Å². The monoisotopic (exact) mass is 457 g/mol. The van der Waals surface area contributed by atoms with Crippen molar-refractivity contribution in [3.8, 4) is 0 Å². The zero-order valence-corrected chi connectivity index (χ0v) is 20.4. The molecule has 3 amide bonds. The molecule has 2 aliphatic rings. The van der Waals surface area contributed by atoms with Gasteiger partial charge in [0.25, 0.3) is 0 Å². The number of carbonyl (C=O) groups excluding carboxylic acids is 3. The van der Waals surface area contributed by atoms with Crippen LogP contribution in [0.1, 0.15) is 90.7 Å². The number of hydrogen-bond acceptors (Lipinski definition) is 4. The molecular weight excluding hydrogens is 418 g/mol. The fraction of sp³-hybridized carbons (Fsp3) is 0.654. The quantitative estimate of drug-likeness (QED) is 0.632. The first kappa shape index (κ1) is 25.1. The van der Waals surface area contributed by atoms with Gasteiger partial charge >= 0.3 is 6.09 Å². The van der Waals surface area contributed by atoms with Crippen molar-refractivity contribution in [1.29, 1.82) is 0 Å². The second-order valence-electron chi connectivity index (χ2n) is 10.4. The second kappa shape index (κ2) is 11.0. The molecule has 2 saturated carbocycles. The molecular formula is C26H39N3O4. The number of hydrogen-bond donors (Lipinski definition) is 2. The molecule has 2 atom stereocenters. The van der Waals surface area contributed by atoms with E-state index >= 15 is 0 Å². The highest BCUT2D eigenvalue weighted by atomic mass is 16.6. The lowest BCUT2D eigenvalue weighted by Gasteiger charge is -2.43. The van der Waals surface area contributed by atoms with Crippen LogP contribution in [0.4, 0.5) is 4.79 Å². The lowest BCUT2D eigenvalue weighted by Crippen LogP contribution is -2.57. The van der Waals surface area contributed by atoms with Crippen molar-refractivity contribution in [2.24, 2.45) is 0 Å². The molecule has 7 nitrogen and oxygen atoms in total. The number of benzene rings is 1. The first-order valence-electron chi connectivity index (χ1n) is 12.3. The molecule has 1 aromatic rings. The molecule has 0 aromatic heterocycles. The third kappa shape index (κ3) is 6.95. The van der Waals surface area contributed by atoms with Crippen LogP contribution >= 0.6 is 0 Å². The van der Waals surface area contributed by atoms with Crippen LogP contribution in [-0.2, 0) is 14.3 Å². The lowest BCUT2D eigenvalue weighted by molar-refractivity contribution is -0.147. The maximum atomic E-state index is 13.7. The van der Waals surface area contributed by atoms with E-state index in [0.717, 1.165) is 50.5 Å². The standard InChI is InChI=1S/C26H39N3O4/c1-18(27-25(32)33-26(2,3)4)24(31)29(21-16-11-17-21)22(19-12-7-5-8-13-19)23(30)28-20-14-9-6-10-15-20/h5,7-8,12-13,18,20-22H,6,9-11,14-17H2,1-4H3,(H,27,32)(H,28,30). The van der Waals surface area contributed by atoms with Crippen molar-refractivity contribution in [2.75, 3.05) is 0 Å². The molecule has 7 heteroatoms. The fourth-order valence-corrected chi connectivity index (χ4v) is 4.55. The van der Waals surface area contributed by atoms with Gasteiger partial charge in [0.2, 0.25) is 11.8 Å². The van der Waals surface area contributed by atoms with Crippen LogP contribution in [-0.4, -0.2) is 46.5 Å². The Bertz CT molecular complexity index is 811. The summed E-state index contributed by atoms with van der Waals surface area (Å²) in [5.41, 5.74) is 0.128. The summed E-state index contributed by atoms with van der Waals surface area (Å²) in [4.78, 5) is 41.3. The normalized spacial score (nSPS) is 19.0. The van der Waals surface area contributed by atoms with Crippen molar-refractivity contribution in [3.63, 3.8) is 0 Å². The van der Waals surface area contributed by atoms with Gasteiger partial charge in [-0.3, -0.25) is 9.59 Å². The number of rotatable bonds is 7. The predicted octanol–water partition coefficient (Wildman–Crippen LogP) is 4.47. The number of amides is 3. The van der Waals surface area contributed by atoms with Crippen molar-refractivity contribution in [3.05, 3.63) is 35.9 Å². The maximum Gasteiger partial charge on any atom is 0.408 e. The third-order valence-electron chi connectivity index (χ3n) is 6.42. The Hall–Kier alpha value is -2.57. The molecule has 0 heterocycles. The number of nitrogens with zero attached hydrogens (tertiary/aromatic N) is 1. The van der Waals surface area contributed by atoms with Gasteiger partial charge in [-0.15, -0.1) is 0 Å². The SMILES string of the molecule is CC(NC(=O)OC(C)(C)C)C(=O)N(C1CCC1)C(C(=O)NC1CCCCC1)c1ccccc1. The zero-order chi connectivity index (χ0) is 24.0. The molecule has 33 heavy (non-hydrogen) atoms. The number of ether oxygens (including phenoxy) is 1. The van der Waals surface area contributed by atoms with Gasteiger partial charge in [0.15, 0.2) is 0 Å². The molecule has 2 fully saturated rings. The Morgan fingerprint density at radius 2 is 1.61 bits per heavy atom. The zero-order valence-electron chi connectivity index (χ0n) is 20.4. The second-order valence-corrected chi connectivity index (χ2v) is 10.4. The summed E-state index contributed by atoms with van der Waals surface area (Å²) in [6.45, 7) is 6.99. The van der Waals surface area contributed by atoms with Gasteiger partial charge in [-0.05, 0) is 65.4 Å². The Labute approximate surface area is 197 Å². The van der Waals surface area contributed by atoms with Crippen LogP contribution in [0.15, 0.2) is 30.3 Å². The summed E-state index contributed by atoms with van der Waals surface area (Å²) in [7, 11) is 0. The first-order valence-corrected chi connectivity index (χ1v) is 12.3. The first-order chi connectivity index (χ1) is 15.7. The molecule has 0 saturated heterocycles. The minimum atomic E-state index is -0.811. The summed E-state index contributed by atoms with van der Waals surface area (Å²) >= 11 is 0. The van der Waals surface area contributed by atoms with E-state index in [0.29, 0.717) is 0 Å². The van der Waals surface area contributed by atoms with Crippen LogP contribution in [0, 0.1) is 0 Å². The van der Waals surface area contributed by atoms with Gasteiger partial charge in [-0.2, -0.15) is 0 Å². The lowest BCUT2D eigenvalue weighted by atomic mass is 9.88. The highest BCUT2D eigenvalue weighted by Crippen LogP contribution is 2.34. The third-order valence-corrected chi connectivity index (χ3v) is 6.42. The average Bonchev–Trinajstić information content (AvgIpc) is 2.71. The van der Waals surface area contributed by atoms with Gasteiger partial charge < -0.3 is 20.3 Å². The molecule has 1 aromatic carbocycles. The van der Waals surface area contributed by atoms with E-state index in [4.69, 9.17) is 4.74 Å². The maximum absolute atomic E-state index is 13.7. The minimum Gasteiger partial charge on any atom is -0.444 e. The van der Waals surface area contributed by atoms with E-state index in [2.05, 4.69) is 10.6 Å². The molecule has 2 unspecified atom stereocenters. The van der Waals surface area contributed by atoms with Crippen LogP contribution in [0.5, 0.6) is 0 Å². The summed E-state index contributed by atoms with van der Waals surface area (Å²) in [6, 6.07) is 8.07. The summed E-state index contributed by atoms with van der Waals surface area (Å²) in [6.07, 6.45) is 7.47. The molecule has 2 aliphatic carbocycles. The van der Waals surface area contributed by atoms with E-state index < -0.39 is 23.8 Å². The molecule has 3 rings (SSSR count). The van der Waals surface area contributed by atoms with Crippen LogP contribution in [0.2, 0.25) is 0 Å².